The maximum Gasteiger partial charge on any atom is 0.251 e. The fourth-order valence-corrected chi connectivity index (χ4v) is 2.86. The molecule has 0 spiro atoms. The summed E-state index contributed by atoms with van der Waals surface area (Å²) in [7, 11) is 1.56. The summed E-state index contributed by atoms with van der Waals surface area (Å²) in [6, 6.07) is 14.6. The van der Waals surface area contributed by atoms with Crippen molar-refractivity contribution in [2.24, 2.45) is 0 Å². The summed E-state index contributed by atoms with van der Waals surface area (Å²) < 4.78 is 19.6. The highest BCUT2D eigenvalue weighted by Gasteiger charge is 2.16. The number of benzene rings is 2. The van der Waals surface area contributed by atoms with Gasteiger partial charge < -0.3 is 15.8 Å². The number of ether oxygens (including phenoxy) is 1. The molecular formula is C21H20FN5O2. The summed E-state index contributed by atoms with van der Waals surface area (Å²) in [6.07, 6.45) is 1.04. The third-order valence-electron chi connectivity index (χ3n) is 4.40. The van der Waals surface area contributed by atoms with Crippen LogP contribution < -0.4 is 15.8 Å². The Morgan fingerprint density at radius 2 is 1.93 bits per heavy atom. The average Bonchev–Trinajstić information content (AvgIpc) is 3.07. The van der Waals surface area contributed by atoms with Crippen LogP contribution in [0.3, 0.4) is 0 Å². The van der Waals surface area contributed by atoms with E-state index in [4.69, 9.17) is 10.5 Å². The van der Waals surface area contributed by atoms with Gasteiger partial charge in [0.1, 0.15) is 29.0 Å². The largest absolute Gasteiger partial charge is 0.497 e. The van der Waals surface area contributed by atoms with Crippen LogP contribution in [0.1, 0.15) is 28.0 Å². The smallest absolute Gasteiger partial charge is 0.251 e. The molecule has 0 saturated carbocycles. The van der Waals surface area contributed by atoms with Crippen molar-refractivity contribution in [1.82, 2.24) is 15.1 Å². The van der Waals surface area contributed by atoms with Crippen molar-refractivity contribution >= 4 is 11.7 Å². The van der Waals surface area contributed by atoms with Crippen LogP contribution in [0.4, 0.5) is 10.2 Å². The van der Waals surface area contributed by atoms with Gasteiger partial charge in [0.25, 0.3) is 5.91 Å². The van der Waals surface area contributed by atoms with Gasteiger partial charge in [0, 0.05) is 12.1 Å². The molecule has 0 atom stereocenters. The molecule has 0 unspecified atom stereocenters. The normalized spacial score (nSPS) is 10.4. The summed E-state index contributed by atoms with van der Waals surface area (Å²) >= 11 is 0. The summed E-state index contributed by atoms with van der Waals surface area (Å²) in [5.74, 6) is 0.327. The maximum atomic E-state index is 13.1. The van der Waals surface area contributed by atoms with Crippen molar-refractivity contribution in [1.29, 1.82) is 5.26 Å². The Hall–Kier alpha value is -3.86. The van der Waals surface area contributed by atoms with Crippen molar-refractivity contribution in [3.05, 3.63) is 71.2 Å². The molecule has 0 aliphatic rings. The molecule has 8 heteroatoms. The zero-order chi connectivity index (χ0) is 20.8. The number of halogens is 1. The fraction of sp³-hybridized carbons (Fsp3) is 0.190. The first-order chi connectivity index (χ1) is 14.0. The summed E-state index contributed by atoms with van der Waals surface area (Å²) in [6.45, 7) is 0.416. The SMILES string of the molecule is COc1ccc(C(=O)NCCCc2nn(-c3ccc(F)cc3)c(N)c2C#N)cc1. The molecule has 1 heterocycles. The van der Waals surface area contributed by atoms with E-state index < -0.39 is 0 Å². The Balaban J connectivity index is 1.61. The molecule has 3 N–H and O–H groups in total. The Morgan fingerprint density at radius 1 is 1.24 bits per heavy atom. The highest BCUT2D eigenvalue weighted by Crippen LogP contribution is 2.21. The van der Waals surface area contributed by atoms with Crippen molar-refractivity contribution in [2.45, 2.75) is 12.8 Å². The minimum Gasteiger partial charge on any atom is -0.497 e. The molecule has 0 aliphatic heterocycles. The van der Waals surface area contributed by atoms with Gasteiger partial charge in [-0.1, -0.05) is 0 Å². The fourth-order valence-electron chi connectivity index (χ4n) is 2.86. The first kappa shape index (κ1) is 19.9. The number of nitrogens with one attached hydrogen (secondary N) is 1. The van der Waals surface area contributed by atoms with Crippen molar-refractivity contribution in [3.8, 4) is 17.5 Å². The molecule has 7 nitrogen and oxygen atoms in total. The lowest BCUT2D eigenvalue weighted by Crippen LogP contribution is -2.24. The number of amides is 1. The third kappa shape index (κ3) is 4.52. The average molecular weight is 393 g/mol. The number of nitrogen functional groups attached to an aromatic ring is 1. The molecule has 0 saturated heterocycles. The second-order valence-electron chi connectivity index (χ2n) is 6.29. The van der Waals surface area contributed by atoms with E-state index in [2.05, 4.69) is 16.5 Å². The van der Waals surface area contributed by atoms with Crippen LogP contribution in [0.15, 0.2) is 48.5 Å². The van der Waals surface area contributed by atoms with Crippen molar-refractivity contribution in [3.63, 3.8) is 0 Å². The van der Waals surface area contributed by atoms with Crippen LogP contribution in [0, 0.1) is 17.1 Å². The van der Waals surface area contributed by atoms with Gasteiger partial charge >= 0.3 is 0 Å². The summed E-state index contributed by atoms with van der Waals surface area (Å²) in [5.41, 5.74) is 7.97. The van der Waals surface area contributed by atoms with Gasteiger partial charge in [0.15, 0.2) is 0 Å². The van der Waals surface area contributed by atoms with Crippen LogP contribution in [0.5, 0.6) is 5.75 Å². The number of aryl methyl sites for hydroxylation is 1. The van der Waals surface area contributed by atoms with E-state index in [-0.39, 0.29) is 23.1 Å². The van der Waals surface area contributed by atoms with Gasteiger partial charge in [-0.15, -0.1) is 0 Å². The standard InChI is InChI=1S/C21H20FN5O2/c1-29-17-10-4-14(5-11-17)21(28)25-12-2-3-19-18(13-23)20(24)27(26-19)16-8-6-15(22)7-9-16/h4-11H,2-3,12,24H2,1H3,(H,25,28). The quantitative estimate of drug-likeness (QED) is 0.601. The van der Waals surface area contributed by atoms with E-state index in [1.54, 1.807) is 43.5 Å². The summed E-state index contributed by atoms with van der Waals surface area (Å²) in [4.78, 5) is 12.2. The van der Waals surface area contributed by atoms with Gasteiger partial charge in [-0.3, -0.25) is 4.79 Å². The molecule has 29 heavy (non-hydrogen) atoms. The number of carbonyl (C=O) groups is 1. The Kier molecular flexibility index (Phi) is 6.09. The van der Waals surface area contributed by atoms with Gasteiger partial charge in [-0.25, -0.2) is 9.07 Å². The van der Waals surface area contributed by atoms with E-state index in [0.717, 1.165) is 0 Å². The second-order valence-corrected chi connectivity index (χ2v) is 6.29. The number of hydrogen-bond acceptors (Lipinski definition) is 5. The van der Waals surface area contributed by atoms with E-state index in [0.29, 0.717) is 42.1 Å². The number of nitriles is 1. The number of aromatic nitrogens is 2. The van der Waals surface area contributed by atoms with Gasteiger partial charge in [0.05, 0.1) is 18.5 Å². The Labute approximate surface area is 167 Å². The second kappa shape index (κ2) is 8.89. The number of anilines is 1. The number of rotatable bonds is 7. The van der Waals surface area contributed by atoms with Crippen LogP contribution in [0.25, 0.3) is 5.69 Å². The molecule has 1 amide bonds. The van der Waals surface area contributed by atoms with Crippen molar-refractivity contribution in [2.75, 3.05) is 19.4 Å². The zero-order valence-electron chi connectivity index (χ0n) is 15.9. The highest BCUT2D eigenvalue weighted by molar-refractivity contribution is 5.94. The minimum absolute atomic E-state index is 0.190. The van der Waals surface area contributed by atoms with Crippen molar-refractivity contribution < 1.29 is 13.9 Å². The Morgan fingerprint density at radius 3 is 2.55 bits per heavy atom. The molecule has 148 valence electrons. The lowest BCUT2D eigenvalue weighted by atomic mass is 10.1. The first-order valence-corrected chi connectivity index (χ1v) is 8.99. The predicted molar refractivity (Wildman–Crippen MR) is 106 cm³/mol. The van der Waals surface area contributed by atoms with Crippen LogP contribution >= 0.6 is 0 Å². The predicted octanol–water partition coefficient (Wildman–Crippen LogP) is 2.84. The number of nitrogens with zero attached hydrogens (tertiary/aromatic N) is 3. The molecular weight excluding hydrogens is 373 g/mol. The molecule has 0 radical (unpaired) electrons. The minimum atomic E-state index is -0.368. The number of methoxy groups -OCH3 is 1. The zero-order valence-corrected chi connectivity index (χ0v) is 15.9. The highest BCUT2D eigenvalue weighted by atomic mass is 19.1. The maximum absolute atomic E-state index is 13.1. The van der Waals surface area contributed by atoms with E-state index in [9.17, 15) is 14.4 Å². The monoisotopic (exact) mass is 393 g/mol. The van der Waals surface area contributed by atoms with Gasteiger partial charge in [-0.2, -0.15) is 10.4 Å². The molecule has 3 rings (SSSR count). The summed E-state index contributed by atoms with van der Waals surface area (Å²) in [5, 5.41) is 16.6. The van der Waals surface area contributed by atoms with Gasteiger partial charge in [0.2, 0.25) is 0 Å². The van der Waals surface area contributed by atoms with Crippen LogP contribution in [-0.4, -0.2) is 29.3 Å². The number of carbonyl (C=O) groups excluding carboxylic acids is 1. The van der Waals surface area contributed by atoms with E-state index >= 15 is 0 Å². The van der Waals surface area contributed by atoms with Crippen LogP contribution in [0.2, 0.25) is 0 Å². The van der Waals surface area contributed by atoms with E-state index in [1.165, 1.54) is 16.8 Å². The molecule has 1 aromatic heterocycles. The third-order valence-corrected chi connectivity index (χ3v) is 4.40. The lowest BCUT2D eigenvalue weighted by Gasteiger charge is -2.06. The molecule has 0 bridgehead atoms. The first-order valence-electron chi connectivity index (χ1n) is 8.99. The van der Waals surface area contributed by atoms with Gasteiger partial charge in [-0.05, 0) is 61.4 Å². The number of nitrogens with two attached hydrogens (primary N) is 1. The molecule has 0 aliphatic carbocycles. The molecule has 0 fully saturated rings. The van der Waals surface area contributed by atoms with E-state index in [1.807, 2.05) is 0 Å². The lowest BCUT2D eigenvalue weighted by molar-refractivity contribution is 0.0953. The molecule has 2 aromatic carbocycles. The molecule has 3 aromatic rings. The Bertz CT molecular complexity index is 1040. The topological polar surface area (TPSA) is 106 Å². The number of hydrogen-bond donors (Lipinski definition) is 2. The van der Waals surface area contributed by atoms with Crippen LogP contribution in [-0.2, 0) is 6.42 Å².